The van der Waals surface area contributed by atoms with E-state index in [9.17, 15) is 5.11 Å². The van der Waals surface area contributed by atoms with Crippen LogP contribution < -0.4 is 0 Å². The van der Waals surface area contributed by atoms with E-state index < -0.39 is 0 Å². The van der Waals surface area contributed by atoms with Crippen LogP contribution >= 0.6 is 11.6 Å². The Hall–Kier alpha value is 0.170. The van der Waals surface area contributed by atoms with Gasteiger partial charge in [0.2, 0.25) is 0 Å². The molecule has 0 aromatic carbocycles. The van der Waals surface area contributed by atoms with Crippen molar-refractivity contribution in [2.75, 3.05) is 32.1 Å². The molecule has 0 bridgehead atoms. The topological polar surface area (TPSA) is 50.2 Å². The third-order valence-electron chi connectivity index (χ3n) is 2.87. The quantitative estimate of drug-likeness (QED) is 0.507. The van der Waals surface area contributed by atoms with Gasteiger partial charge in [-0.15, -0.1) is 11.6 Å². The number of aliphatic hydroxyl groups is 1. The largest absolute Gasteiger partial charge is 0.870 e. The lowest BCUT2D eigenvalue weighted by Gasteiger charge is -2.39. The van der Waals surface area contributed by atoms with Gasteiger partial charge < -0.3 is 15.1 Å². The fourth-order valence-electron chi connectivity index (χ4n) is 2.53. The first-order chi connectivity index (χ1) is 7.14. The summed E-state index contributed by atoms with van der Waals surface area (Å²) in [5, 5.41) is 9.73. The van der Waals surface area contributed by atoms with Crippen LogP contribution in [0.2, 0.25) is 0 Å². The first kappa shape index (κ1) is 18.5. The Balaban J connectivity index is 0. The van der Waals surface area contributed by atoms with Gasteiger partial charge in [-0.3, -0.25) is 0 Å². The van der Waals surface area contributed by atoms with Gasteiger partial charge in [0.05, 0.1) is 25.5 Å². The maximum Gasteiger partial charge on any atom is 0.116 e. The molecule has 1 unspecified atom stereocenters. The summed E-state index contributed by atoms with van der Waals surface area (Å²) in [5.74, 6) is 0.358. The lowest BCUT2D eigenvalue weighted by Crippen LogP contribution is -2.54. The highest BCUT2D eigenvalue weighted by atomic mass is 35.5. The fourth-order valence-corrected chi connectivity index (χ4v) is 2.63. The molecule has 0 fully saturated rings. The molecular weight excluding hydrogens is 226 g/mol. The van der Waals surface area contributed by atoms with E-state index in [0.29, 0.717) is 5.88 Å². The highest BCUT2D eigenvalue weighted by Gasteiger charge is 2.27. The van der Waals surface area contributed by atoms with Crippen LogP contribution in [0.5, 0.6) is 0 Å². The highest BCUT2D eigenvalue weighted by molar-refractivity contribution is 6.18. The molecule has 0 heterocycles. The van der Waals surface area contributed by atoms with Gasteiger partial charge in [0.1, 0.15) is 12.6 Å². The van der Waals surface area contributed by atoms with E-state index in [1.54, 1.807) is 0 Å². The predicted molar refractivity (Wildman–Crippen MR) is 69.3 cm³/mol. The number of halogens is 1. The van der Waals surface area contributed by atoms with Crippen LogP contribution in [0.4, 0.5) is 0 Å². The van der Waals surface area contributed by atoms with Crippen LogP contribution in [0, 0.1) is 0 Å². The molecule has 16 heavy (non-hydrogen) atoms. The van der Waals surface area contributed by atoms with Crippen molar-refractivity contribution in [3.05, 3.63) is 0 Å². The zero-order chi connectivity index (χ0) is 11.7. The zero-order valence-electron chi connectivity index (χ0n) is 11.0. The minimum Gasteiger partial charge on any atom is -0.870 e. The molecule has 0 amide bonds. The van der Waals surface area contributed by atoms with Crippen molar-refractivity contribution < 1.29 is 15.1 Å². The number of rotatable bonds is 9. The molecule has 0 aromatic heterocycles. The second-order valence-electron chi connectivity index (χ2n) is 4.50. The van der Waals surface area contributed by atoms with Crippen molar-refractivity contribution in [2.24, 2.45) is 0 Å². The van der Waals surface area contributed by atoms with Crippen LogP contribution in [0.15, 0.2) is 0 Å². The average Bonchev–Trinajstić information content (AvgIpc) is 2.18. The van der Waals surface area contributed by atoms with Crippen molar-refractivity contribution in [1.82, 2.24) is 0 Å². The molecule has 0 aliphatic heterocycles. The fraction of sp³-hybridized carbons (Fsp3) is 1.00. The third kappa shape index (κ3) is 6.69. The standard InChI is InChI=1S/C12H27ClNO.H2O/c1-4-7-14(8-5-2,9-6-3)11-12(15)10-13;/h12,15H,4-11H2,1-3H3;1H2/q+1;/p-1. The summed E-state index contributed by atoms with van der Waals surface area (Å²) in [6.07, 6.45) is 3.18. The molecule has 0 aromatic rings. The van der Waals surface area contributed by atoms with Crippen LogP contribution in [-0.4, -0.2) is 53.2 Å². The van der Waals surface area contributed by atoms with Crippen LogP contribution in [0.3, 0.4) is 0 Å². The SMILES string of the molecule is CCC[N+](CCC)(CCC)CC(O)CCl.[OH-]. The van der Waals surface area contributed by atoms with Gasteiger partial charge in [-0.25, -0.2) is 0 Å². The molecule has 0 saturated carbocycles. The molecular formula is C12H28ClNO2. The summed E-state index contributed by atoms with van der Waals surface area (Å²) in [7, 11) is 0. The van der Waals surface area contributed by atoms with Gasteiger partial charge in [0.25, 0.3) is 0 Å². The van der Waals surface area contributed by atoms with Crippen molar-refractivity contribution in [3.8, 4) is 0 Å². The Bertz CT molecular complexity index is 139. The maximum atomic E-state index is 9.73. The lowest BCUT2D eigenvalue weighted by atomic mass is 10.2. The Morgan fingerprint density at radius 1 is 1.00 bits per heavy atom. The van der Waals surface area contributed by atoms with Gasteiger partial charge in [0.15, 0.2) is 0 Å². The smallest absolute Gasteiger partial charge is 0.116 e. The molecule has 0 rings (SSSR count). The summed E-state index contributed by atoms with van der Waals surface area (Å²) < 4.78 is 1.04. The third-order valence-corrected chi connectivity index (χ3v) is 3.23. The Labute approximate surface area is 105 Å². The van der Waals surface area contributed by atoms with Gasteiger partial charge in [-0.2, -0.15) is 0 Å². The first-order valence-corrected chi connectivity index (χ1v) is 6.76. The molecule has 4 heteroatoms. The average molecular weight is 254 g/mol. The molecule has 0 aliphatic rings. The number of hydrogen-bond acceptors (Lipinski definition) is 2. The lowest BCUT2D eigenvalue weighted by molar-refractivity contribution is -0.930. The summed E-state index contributed by atoms with van der Waals surface area (Å²) >= 11 is 5.70. The summed E-state index contributed by atoms with van der Waals surface area (Å²) in [4.78, 5) is 0. The number of nitrogens with zero attached hydrogens (tertiary/aromatic N) is 1. The van der Waals surface area contributed by atoms with E-state index in [1.807, 2.05) is 0 Å². The van der Waals surface area contributed by atoms with E-state index >= 15 is 0 Å². The zero-order valence-corrected chi connectivity index (χ0v) is 11.7. The van der Waals surface area contributed by atoms with Crippen molar-refractivity contribution in [3.63, 3.8) is 0 Å². The summed E-state index contributed by atoms with van der Waals surface area (Å²) in [6.45, 7) is 10.9. The summed E-state index contributed by atoms with van der Waals surface area (Å²) in [5.41, 5.74) is 0. The number of quaternary nitrogens is 1. The first-order valence-electron chi connectivity index (χ1n) is 6.23. The second-order valence-corrected chi connectivity index (χ2v) is 4.81. The molecule has 0 spiro atoms. The number of alkyl halides is 1. The van der Waals surface area contributed by atoms with Crippen molar-refractivity contribution >= 4 is 11.6 Å². The minimum absolute atomic E-state index is 0. The highest BCUT2D eigenvalue weighted by Crippen LogP contribution is 2.13. The van der Waals surface area contributed by atoms with Gasteiger partial charge in [0, 0.05) is 0 Å². The predicted octanol–water partition coefficient (Wildman–Crippen LogP) is 2.46. The van der Waals surface area contributed by atoms with E-state index in [0.717, 1.165) is 30.7 Å². The molecule has 100 valence electrons. The molecule has 1 atom stereocenters. The van der Waals surface area contributed by atoms with Crippen molar-refractivity contribution in [2.45, 2.75) is 46.1 Å². The Kier molecular flexibility index (Phi) is 12.0. The second kappa shape index (κ2) is 10.3. The number of hydrogen-bond donors (Lipinski definition) is 1. The van der Waals surface area contributed by atoms with Gasteiger partial charge in [-0.1, -0.05) is 20.8 Å². The van der Waals surface area contributed by atoms with E-state index in [2.05, 4.69) is 20.8 Å². The monoisotopic (exact) mass is 253 g/mol. The molecule has 2 N–H and O–H groups in total. The molecule has 0 aliphatic carbocycles. The molecule has 0 radical (unpaired) electrons. The van der Waals surface area contributed by atoms with Gasteiger partial charge >= 0.3 is 0 Å². The summed E-state index contributed by atoms with van der Waals surface area (Å²) in [6, 6.07) is 0. The van der Waals surface area contributed by atoms with E-state index in [4.69, 9.17) is 11.6 Å². The normalized spacial score (nSPS) is 13.3. The van der Waals surface area contributed by atoms with Crippen LogP contribution in [0.1, 0.15) is 40.0 Å². The minimum atomic E-state index is -0.351. The van der Waals surface area contributed by atoms with Crippen LogP contribution in [-0.2, 0) is 0 Å². The van der Waals surface area contributed by atoms with E-state index in [1.165, 1.54) is 19.3 Å². The Morgan fingerprint density at radius 3 is 1.62 bits per heavy atom. The van der Waals surface area contributed by atoms with Crippen LogP contribution in [0.25, 0.3) is 0 Å². The Morgan fingerprint density at radius 2 is 1.38 bits per heavy atom. The number of aliphatic hydroxyl groups excluding tert-OH is 1. The van der Waals surface area contributed by atoms with Gasteiger partial charge in [-0.05, 0) is 19.3 Å². The van der Waals surface area contributed by atoms with Crippen molar-refractivity contribution in [1.29, 1.82) is 0 Å². The maximum absolute atomic E-state index is 9.73. The van der Waals surface area contributed by atoms with E-state index in [-0.39, 0.29) is 11.6 Å². The molecule has 0 saturated heterocycles. The molecule has 3 nitrogen and oxygen atoms in total.